The highest BCUT2D eigenvalue weighted by Crippen LogP contribution is 2.25. The Labute approximate surface area is 171 Å². The Morgan fingerprint density at radius 2 is 1.76 bits per heavy atom. The summed E-state index contributed by atoms with van der Waals surface area (Å²) in [6, 6.07) is 16.1. The van der Waals surface area contributed by atoms with Gasteiger partial charge in [-0.05, 0) is 55.7 Å². The van der Waals surface area contributed by atoms with Gasteiger partial charge in [-0.2, -0.15) is 0 Å². The molecule has 2 heterocycles. The van der Waals surface area contributed by atoms with E-state index in [1.54, 1.807) is 29.2 Å². The SMILES string of the molecule is O=C(c1ccc(Oc2ccccc2)cc1)N(C[C@H]1CCCO1)[C@H]1CCS(=O)(=O)C1. The third-order valence-electron chi connectivity index (χ3n) is 5.41. The first-order valence-corrected chi connectivity index (χ1v) is 11.8. The lowest BCUT2D eigenvalue weighted by Gasteiger charge is -2.30. The minimum Gasteiger partial charge on any atom is -0.457 e. The maximum atomic E-state index is 13.2. The Bertz CT molecular complexity index is 937. The molecule has 2 atom stereocenters. The van der Waals surface area contributed by atoms with E-state index in [1.165, 1.54) is 0 Å². The summed E-state index contributed by atoms with van der Waals surface area (Å²) in [7, 11) is -3.09. The predicted molar refractivity (Wildman–Crippen MR) is 110 cm³/mol. The first-order valence-electron chi connectivity index (χ1n) is 9.96. The average molecular weight is 416 g/mol. The fourth-order valence-corrected chi connectivity index (χ4v) is 5.61. The molecule has 2 fully saturated rings. The predicted octanol–water partition coefficient (Wildman–Crippen LogP) is 3.29. The highest BCUT2D eigenvalue weighted by molar-refractivity contribution is 7.91. The zero-order chi connectivity index (χ0) is 20.3. The maximum absolute atomic E-state index is 13.2. The van der Waals surface area contributed by atoms with Gasteiger partial charge in [0, 0.05) is 24.8 Å². The number of nitrogens with zero attached hydrogens (tertiary/aromatic N) is 1. The molecule has 2 aliphatic heterocycles. The highest BCUT2D eigenvalue weighted by atomic mass is 32.2. The third kappa shape index (κ3) is 4.97. The second-order valence-corrected chi connectivity index (χ2v) is 9.82. The van der Waals surface area contributed by atoms with Crippen LogP contribution in [0.25, 0.3) is 0 Å². The Morgan fingerprint density at radius 1 is 1.03 bits per heavy atom. The Hall–Kier alpha value is -2.38. The van der Waals surface area contributed by atoms with Gasteiger partial charge >= 0.3 is 0 Å². The molecule has 7 heteroatoms. The van der Waals surface area contributed by atoms with Crippen molar-refractivity contribution >= 4 is 15.7 Å². The number of hydrogen-bond donors (Lipinski definition) is 0. The summed E-state index contributed by atoms with van der Waals surface area (Å²) in [4.78, 5) is 14.9. The van der Waals surface area contributed by atoms with Gasteiger partial charge in [-0.1, -0.05) is 18.2 Å². The number of para-hydroxylation sites is 1. The van der Waals surface area contributed by atoms with Gasteiger partial charge < -0.3 is 14.4 Å². The molecular weight excluding hydrogens is 390 g/mol. The van der Waals surface area contributed by atoms with Crippen LogP contribution in [0.2, 0.25) is 0 Å². The first-order chi connectivity index (χ1) is 14.0. The zero-order valence-corrected chi connectivity index (χ0v) is 17.0. The molecule has 2 saturated heterocycles. The average Bonchev–Trinajstić information content (AvgIpc) is 3.36. The maximum Gasteiger partial charge on any atom is 0.254 e. The lowest BCUT2D eigenvalue weighted by atomic mass is 10.1. The molecule has 0 spiro atoms. The van der Waals surface area contributed by atoms with Crippen LogP contribution in [-0.4, -0.2) is 56.0 Å². The van der Waals surface area contributed by atoms with E-state index in [2.05, 4.69) is 0 Å². The van der Waals surface area contributed by atoms with Gasteiger partial charge in [0.25, 0.3) is 5.91 Å². The molecule has 0 radical (unpaired) electrons. The standard InChI is InChI=1S/C22H25NO5S/c24-22(17-8-10-20(11-9-17)28-19-5-2-1-3-6-19)23(15-21-7-4-13-27-21)18-12-14-29(25,26)16-18/h1-3,5-6,8-11,18,21H,4,7,12-16H2/t18-,21+/m0/s1. The molecule has 2 aromatic rings. The summed E-state index contributed by atoms with van der Waals surface area (Å²) in [5, 5.41) is 0. The molecule has 2 aromatic carbocycles. The molecule has 4 rings (SSSR count). The molecule has 0 N–H and O–H groups in total. The minimum atomic E-state index is -3.09. The number of ether oxygens (including phenoxy) is 2. The van der Waals surface area contributed by atoms with Gasteiger partial charge in [-0.25, -0.2) is 8.42 Å². The van der Waals surface area contributed by atoms with Gasteiger partial charge in [0.15, 0.2) is 9.84 Å². The number of carbonyl (C=O) groups excluding carboxylic acids is 1. The van der Waals surface area contributed by atoms with Crippen LogP contribution in [0.1, 0.15) is 29.6 Å². The van der Waals surface area contributed by atoms with Crippen molar-refractivity contribution < 1.29 is 22.7 Å². The molecule has 0 unspecified atom stereocenters. The lowest BCUT2D eigenvalue weighted by molar-refractivity contribution is 0.0441. The molecule has 0 bridgehead atoms. The smallest absolute Gasteiger partial charge is 0.254 e. The van der Waals surface area contributed by atoms with Gasteiger partial charge in [-0.15, -0.1) is 0 Å². The van der Waals surface area contributed by atoms with Crippen molar-refractivity contribution in [2.24, 2.45) is 0 Å². The quantitative estimate of drug-likeness (QED) is 0.724. The summed E-state index contributed by atoms with van der Waals surface area (Å²) in [5.41, 5.74) is 0.521. The molecule has 0 aliphatic carbocycles. The second kappa shape index (κ2) is 8.55. The summed E-state index contributed by atoms with van der Waals surface area (Å²) >= 11 is 0. The number of rotatable bonds is 6. The fraction of sp³-hybridized carbons (Fsp3) is 0.409. The normalized spacial score (nSPS) is 23.0. The molecule has 0 aromatic heterocycles. The Kier molecular flexibility index (Phi) is 5.87. The first kappa shape index (κ1) is 19.9. The Morgan fingerprint density at radius 3 is 2.38 bits per heavy atom. The van der Waals surface area contributed by atoms with E-state index < -0.39 is 9.84 Å². The van der Waals surface area contributed by atoms with Crippen LogP contribution < -0.4 is 4.74 Å². The van der Waals surface area contributed by atoms with Gasteiger partial charge in [0.05, 0.1) is 17.6 Å². The van der Waals surface area contributed by atoms with E-state index in [0.29, 0.717) is 30.9 Å². The number of carbonyl (C=O) groups is 1. The molecule has 0 saturated carbocycles. The van der Waals surface area contributed by atoms with Crippen molar-refractivity contribution in [1.29, 1.82) is 0 Å². The number of sulfone groups is 1. The number of benzene rings is 2. The van der Waals surface area contributed by atoms with Crippen LogP contribution in [-0.2, 0) is 14.6 Å². The summed E-state index contributed by atoms with van der Waals surface area (Å²) < 4.78 is 35.4. The van der Waals surface area contributed by atoms with Crippen molar-refractivity contribution in [3.05, 3.63) is 60.2 Å². The second-order valence-electron chi connectivity index (χ2n) is 7.59. The molecule has 2 aliphatic rings. The number of amides is 1. The van der Waals surface area contributed by atoms with Crippen LogP contribution >= 0.6 is 0 Å². The van der Waals surface area contributed by atoms with Gasteiger partial charge in [-0.3, -0.25) is 4.79 Å². The van der Waals surface area contributed by atoms with E-state index in [-0.39, 0.29) is 29.6 Å². The van der Waals surface area contributed by atoms with Gasteiger partial charge in [0.1, 0.15) is 11.5 Å². The fourth-order valence-electron chi connectivity index (χ4n) is 3.88. The molecule has 154 valence electrons. The van der Waals surface area contributed by atoms with Crippen LogP contribution in [0, 0.1) is 0 Å². The summed E-state index contributed by atoms with van der Waals surface area (Å²) in [6.07, 6.45) is 2.33. The van der Waals surface area contributed by atoms with Crippen molar-refractivity contribution in [1.82, 2.24) is 4.90 Å². The van der Waals surface area contributed by atoms with Crippen molar-refractivity contribution in [3.8, 4) is 11.5 Å². The van der Waals surface area contributed by atoms with Crippen LogP contribution in [0.3, 0.4) is 0 Å². The third-order valence-corrected chi connectivity index (χ3v) is 7.16. The molecule has 1 amide bonds. The topological polar surface area (TPSA) is 72.9 Å². The summed E-state index contributed by atoms with van der Waals surface area (Å²) in [5.74, 6) is 1.37. The van der Waals surface area contributed by atoms with Crippen molar-refractivity contribution in [2.45, 2.75) is 31.4 Å². The van der Waals surface area contributed by atoms with Crippen molar-refractivity contribution in [3.63, 3.8) is 0 Å². The van der Waals surface area contributed by atoms with Crippen LogP contribution in [0.5, 0.6) is 11.5 Å². The molecule has 29 heavy (non-hydrogen) atoms. The van der Waals surface area contributed by atoms with E-state index in [4.69, 9.17) is 9.47 Å². The lowest BCUT2D eigenvalue weighted by Crippen LogP contribution is -2.45. The summed E-state index contributed by atoms with van der Waals surface area (Å²) in [6.45, 7) is 1.13. The molecule has 6 nitrogen and oxygen atoms in total. The number of hydrogen-bond acceptors (Lipinski definition) is 5. The molecular formula is C22H25NO5S. The van der Waals surface area contributed by atoms with Crippen molar-refractivity contribution in [2.75, 3.05) is 24.7 Å². The highest BCUT2D eigenvalue weighted by Gasteiger charge is 2.36. The van der Waals surface area contributed by atoms with E-state index in [0.717, 1.165) is 18.6 Å². The van der Waals surface area contributed by atoms with E-state index in [9.17, 15) is 13.2 Å². The van der Waals surface area contributed by atoms with E-state index >= 15 is 0 Å². The van der Waals surface area contributed by atoms with E-state index in [1.807, 2.05) is 30.3 Å². The van der Waals surface area contributed by atoms with Crippen LogP contribution in [0.15, 0.2) is 54.6 Å². The monoisotopic (exact) mass is 415 g/mol. The minimum absolute atomic E-state index is 0.0251. The Balaban J connectivity index is 1.50. The van der Waals surface area contributed by atoms with Crippen LogP contribution in [0.4, 0.5) is 0 Å². The largest absolute Gasteiger partial charge is 0.457 e. The van der Waals surface area contributed by atoms with Gasteiger partial charge in [0.2, 0.25) is 0 Å². The zero-order valence-electron chi connectivity index (χ0n) is 16.2.